The highest BCUT2D eigenvalue weighted by Crippen LogP contribution is 2.26. The molecular formula is C18H20F2N2O5. The van der Waals surface area contributed by atoms with Crippen LogP contribution >= 0.6 is 0 Å². The number of halogens is 2. The van der Waals surface area contributed by atoms with E-state index in [1.165, 1.54) is 25.1 Å². The molecule has 2 aromatic rings. The Kier molecular flexibility index (Phi) is 6.49. The predicted octanol–water partition coefficient (Wildman–Crippen LogP) is 3.89. The van der Waals surface area contributed by atoms with Crippen LogP contribution in [-0.2, 0) is 9.53 Å². The van der Waals surface area contributed by atoms with Crippen LogP contribution in [0.1, 0.15) is 48.5 Å². The molecule has 1 amide bonds. The summed E-state index contributed by atoms with van der Waals surface area (Å²) < 4.78 is 39.6. The highest BCUT2D eigenvalue weighted by Gasteiger charge is 2.27. The van der Waals surface area contributed by atoms with Crippen LogP contribution in [-0.4, -0.2) is 29.7 Å². The van der Waals surface area contributed by atoms with Crippen LogP contribution in [0, 0.1) is 6.92 Å². The maximum Gasteiger partial charge on any atom is 0.387 e. The van der Waals surface area contributed by atoms with Gasteiger partial charge in [0.25, 0.3) is 5.91 Å². The van der Waals surface area contributed by atoms with Gasteiger partial charge >= 0.3 is 12.6 Å². The number of carbonyl (C=O) groups excluding carboxylic acids is 2. The van der Waals surface area contributed by atoms with E-state index in [4.69, 9.17) is 9.26 Å². The van der Waals surface area contributed by atoms with E-state index < -0.39 is 24.6 Å². The van der Waals surface area contributed by atoms with Gasteiger partial charge < -0.3 is 19.3 Å². The Bertz CT molecular complexity index is 820. The lowest BCUT2D eigenvalue weighted by Crippen LogP contribution is -2.30. The Morgan fingerprint density at radius 3 is 2.48 bits per heavy atom. The van der Waals surface area contributed by atoms with E-state index >= 15 is 0 Å². The third-order valence-corrected chi connectivity index (χ3v) is 3.63. The standard InChI is InChI=1S/C18H20F2N2O5/c1-9(2)15-14(10(3)22-27-15)17(24)25-11(4)16(23)21-12-7-5-6-8-13(12)26-18(19)20/h5-9,11,18H,1-4H3,(H,21,23)/t11-/m0/s1. The summed E-state index contributed by atoms with van der Waals surface area (Å²) in [7, 11) is 0. The van der Waals surface area contributed by atoms with Gasteiger partial charge in [0.05, 0.1) is 11.4 Å². The van der Waals surface area contributed by atoms with Gasteiger partial charge in [-0.1, -0.05) is 31.1 Å². The number of benzene rings is 1. The molecule has 0 aliphatic carbocycles. The second kappa shape index (κ2) is 8.61. The fourth-order valence-electron chi connectivity index (χ4n) is 2.31. The average molecular weight is 382 g/mol. The third-order valence-electron chi connectivity index (χ3n) is 3.63. The van der Waals surface area contributed by atoms with Gasteiger partial charge in [0.1, 0.15) is 11.3 Å². The number of anilines is 1. The van der Waals surface area contributed by atoms with Crippen molar-refractivity contribution < 1.29 is 32.4 Å². The molecule has 1 N–H and O–H groups in total. The van der Waals surface area contributed by atoms with Gasteiger partial charge in [0, 0.05) is 5.92 Å². The topological polar surface area (TPSA) is 90.7 Å². The number of para-hydroxylation sites is 2. The molecule has 0 bridgehead atoms. The molecule has 1 atom stereocenters. The molecule has 1 aromatic carbocycles. The number of carbonyl (C=O) groups is 2. The number of nitrogens with one attached hydrogen (secondary N) is 1. The van der Waals surface area contributed by atoms with Crippen LogP contribution < -0.4 is 10.1 Å². The van der Waals surface area contributed by atoms with Crippen LogP contribution in [0.2, 0.25) is 0 Å². The number of alkyl halides is 2. The normalized spacial score (nSPS) is 12.1. The van der Waals surface area contributed by atoms with Gasteiger partial charge in [0.2, 0.25) is 0 Å². The number of rotatable bonds is 7. The van der Waals surface area contributed by atoms with Gasteiger partial charge in [-0.2, -0.15) is 8.78 Å². The zero-order valence-corrected chi connectivity index (χ0v) is 15.3. The number of amides is 1. The Morgan fingerprint density at radius 1 is 1.19 bits per heavy atom. The Labute approximate surface area is 154 Å². The summed E-state index contributed by atoms with van der Waals surface area (Å²) in [6.45, 7) is 3.57. The van der Waals surface area contributed by atoms with Crippen molar-refractivity contribution in [3.05, 3.63) is 41.3 Å². The molecule has 9 heteroatoms. The molecular weight excluding hydrogens is 362 g/mol. The van der Waals surface area contributed by atoms with Gasteiger partial charge in [-0.3, -0.25) is 4.79 Å². The monoisotopic (exact) mass is 382 g/mol. The molecule has 0 aliphatic rings. The van der Waals surface area contributed by atoms with Gasteiger partial charge in [-0.25, -0.2) is 4.79 Å². The van der Waals surface area contributed by atoms with Crippen molar-refractivity contribution in [3.63, 3.8) is 0 Å². The second-order valence-corrected chi connectivity index (χ2v) is 6.07. The maximum absolute atomic E-state index is 12.4. The second-order valence-electron chi connectivity index (χ2n) is 6.07. The quantitative estimate of drug-likeness (QED) is 0.731. The van der Waals surface area contributed by atoms with Gasteiger partial charge in [-0.05, 0) is 26.0 Å². The van der Waals surface area contributed by atoms with Crippen molar-refractivity contribution in [2.75, 3.05) is 5.32 Å². The van der Waals surface area contributed by atoms with Crippen molar-refractivity contribution >= 4 is 17.6 Å². The number of aromatic nitrogens is 1. The molecule has 7 nitrogen and oxygen atoms in total. The van der Waals surface area contributed by atoms with Crippen molar-refractivity contribution in [2.24, 2.45) is 0 Å². The fourth-order valence-corrected chi connectivity index (χ4v) is 2.31. The number of esters is 1. The molecule has 1 heterocycles. The molecule has 0 fully saturated rings. The Balaban J connectivity index is 2.09. The van der Waals surface area contributed by atoms with E-state index in [0.29, 0.717) is 11.5 Å². The van der Waals surface area contributed by atoms with Crippen LogP contribution in [0.4, 0.5) is 14.5 Å². The first-order chi connectivity index (χ1) is 12.7. The number of hydrogen-bond acceptors (Lipinski definition) is 6. The summed E-state index contributed by atoms with van der Waals surface area (Å²) in [5, 5.41) is 6.16. The van der Waals surface area contributed by atoms with Crippen LogP contribution in [0.3, 0.4) is 0 Å². The minimum absolute atomic E-state index is 0.0368. The smallest absolute Gasteiger partial charge is 0.387 e. The maximum atomic E-state index is 12.4. The minimum atomic E-state index is -3.04. The van der Waals surface area contributed by atoms with Gasteiger partial charge in [0.15, 0.2) is 11.9 Å². The first kappa shape index (κ1) is 20.3. The van der Waals surface area contributed by atoms with Crippen molar-refractivity contribution in [2.45, 2.75) is 46.3 Å². The molecule has 27 heavy (non-hydrogen) atoms. The van der Waals surface area contributed by atoms with E-state index in [-0.39, 0.29) is 22.9 Å². The molecule has 0 saturated heterocycles. The fraction of sp³-hybridized carbons (Fsp3) is 0.389. The average Bonchev–Trinajstić information content (AvgIpc) is 2.98. The summed E-state index contributed by atoms with van der Waals surface area (Å²) in [6.07, 6.45) is -1.19. The molecule has 0 spiro atoms. The summed E-state index contributed by atoms with van der Waals surface area (Å²) in [4.78, 5) is 24.7. The summed E-state index contributed by atoms with van der Waals surface area (Å²) in [5.41, 5.74) is 0.563. The Morgan fingerprint density at radius 2 is 1.85 bits per heavy atom. The highest BCUT2D eigenvalue weighted by atomic mass is 19.3. The van der Waals surface area contributed by atoms with Crippen LogP contribution in [0.5, 0.6) is 5.75 Å². The lowest BCUT2D eigenvalue weighted by molar-refractivity contribution is -0.123. The number of nitrogens with zero attached hydrogens (tertiary/aromatic N) is 1. The molecule has 0 saturated carbocycles. The van der Waals surface area contributed by atoms with E-state index in [1.807, 2.05) is 13.8 Å². The number of aryl methyl sites for hydroxylation is 1. The van der Waals surface area contributed by atoms with E-state index in [0.717, 1.165) is 0 Å². The summed E-state index contributed by atoms with van der Waals surface area (Å²) in [6, 6.07) is 5.71. The first-order valence-electron chi connectivity index (χ1n) is 8.22. The molecule has 1 aromatic heterocycles. The third kappa shape index (κ3) is 5.02. The molecule has 2 rings (SSSR count). The number of ether oxygens (including phenoxy) is 2. The summed E-state index contributed by atoms with van der Waals surface area (Å²) >= 11 is 0. The van der Waals surface area contributed by atoms with E-state index in [1.54, 1.807) is 13.0 Å². The van der Waals surface area contributed by atoms with Crippen molar-refractivity contribution in [1.82, 2.24) is 5.16 Å². The lowest BCUT2D eigenvalue weighted by Gasteiger charge is -2.16. The van der Waals surface area contributed by atoms with Crippen molar-refractivity contribution in [3.8, 4) is 5.75 Å². The van der Waals surface area contributed by atoms with Crippen molar-refractivity contribution in [1.29, 1.82) is 0 Å². The van der Waals surface area contributed by atoms with E-state index in [2.05, 4.69) is 15.2 Å². The highest BCUT2D eigenvalue weighted by molar-refractivity contribution is 5.98. The first-order valence-corrected chi connectivity index (χ1v) is 8.22. The minimum Gasteiger partial charge on any atom is -0.449 e. The molecule has 146 valence electrons. The predicted molar refractivity (Wildman–Crippen MR) is 91.9 cm³/mol. The summed E-state index contributed by atoms with van der Waals surface area (Å²) in [5.74, 6) is -1.39. The largest absolute Gasteiger partial charge is 0.449 e. The van der Waals surface area contributed by atoms with Gasteiger partial charge in [-0.15, -0.1) is 0 Å². The zero-order chi connectivity index (χ0) is 20.1. The SMILES string of the molecule is Cc1noc(C(C)C)c1C(=O)O[C@@H](C)C(=O)Nc1ccccc1OC(F)F. The van der Waals surface area contributed by atoms with Crippen LogP contribution in [0.25, 0.3) is 0 Å². The molecule has 0 unspecified atom stereocenters. The number of hydrogen-bond donors (Lipinski definition) is 1. The van der Waals surface area contributed by atoms with E-state index in [9.17, 15) is 18.4 Å². The lowest BCUT2D eigenvalue weighted by atomic mass is 10.1. The van der Waals surface area contributed by atoms with Crippen LogP contribution in [0.15, 0.2) is 28.8 Å². The zero-order valence-electron chi connectivity index (χ0n) is 15.3. The Hall–Kier alpha value is -2.97. The molecule has 0 radical (unpaired) electrons. The molecule has 0 aliphatic heterocycles.